The molecule has 118 valence electrons. The molecular weight excluding hydrogens is 278 g/mol. The third kappa shape index (κ3) is 5.01. The van der Waals surface area contributed by atoms with Crippen LogP contribution in [-0.4, -0.2) is 34.8 Å². The zero-order valence-electron chi connectivity index (χ0n) is 13.3. The van der Waals surface area contributed by atoms with Crippen LogP contribution in [0.25, 0.3) is 0 Å². The van der Waals surface area contributed by atoms with Gasteiger partial charge in [0, 0.05) is 16.5 Å². The molecule has 3 heteroatoms. The summed E-state index contributed by atoms with van der Waals surface area (Å²) in [6, 6.07) is 11.5. The maximum absolute atomic E-state index is 9.37. The molecule has 0 radical (unpaired) electrons. The number of hydrogen-bond acceptors (Lipinski definition) is 3. The number of aliphatic hydroxyl groups excluding tert-OH is 1. The first-order chi connectivity index (χ1) is 10.2. The molecule has 0 bridgehead atoms. The molecule has 0 amide bonds. The summed E-state index contributed by atoms with van der Waals surface area (Å²) >= 11 is 1.96. The number of hydrogen-bond donors (Lipinski definition) is 2. The predicted molar refractivity (Wildman–Crippen MR) is 93.0 cm³/mol. The van der Waals surface area contributed by atoms with E-state index in [1.54, 1.807) is 0 Å². The van der Waals surface area contributed by atoms with Crippen LogP contribution in [0.3, 0.4) is 0 Å². The van der Waals surface area contributed by atoms with E-state index in [0.717, 1.165) is 6.54 Å². The summed E-state index contributed by atoms with van der Waals surface area (Å²) in [5.41, 5.74) is 1.48. The normalized spacial score (nSPS) is 27.5. The summed E-state index contributed by atoms with van der Waals surface area (Å²) in [4.78, 5) is 0. The first-order valence-electron chi connectivity index (χ1n) is 8.29. The van der Waals surface area contributed by atoms with Gasteiger partial charge in [-0.25, -0.2) is 0 Å². The van der Waals surface area contributed by atoms with Gasteiger partial charge in [0.15, 0.2) is 0 Å². The highest BCUT2D eigenvalue weighted by atomic mass is 32.2. The number of aliphatic hydroxyl groups is 1. The van der Waals surface area contributed by atoms with Crippen molar-refractivity contribution in [3.63, 3.8) is 0 Å². The molecule has 1 aliphatic carbocycles. The SMILES string of the molecule is CCCNC1CCC(c2ccccc2)CC1SC(C)CO. The molecule has 4 atom stereocenters. The van der Waals surface area contributed by atoms with Crippen LogP contribution in [0.1, 0.15) is 51.0 Å². The zero-order chi connectivity index (χ0) is 15.1. The average molecular weight is 308 g/mol. The van der Waals surface area contributed by atoms with Crippen molar-refractivity contribution in [2.45, 2.75) is 62.0 Å². The van der Waals surface area contributed by atoms with Gasteiger partial charge in [0.1, 0.15) is 0 Å². The minimum Gasteiger partial charge on any atom is -0.395 e. The van der Waals surface area contributed by atoms with E-state index in [0.29, 0.717) is 22.5 Å². The monoisotopic (exact) mass is 307 g/mol. The molecule has 1 saturated carbocycles. The highest BCUT2D eigenvalue weighted by molar-refractivity contribution is 8.00. The second-order valence-corrected chi connectivity index (χ2v) is 7.83. The van der Waals surface area contributed by atoms with Gasteiger partial charge in [-0.15, -0.1) is 0 Å². The molecule has 1 aromatic carbocycles. The van der Waals surface area contributed by atoms with E-state index in [1.165, 1.54) is 31.2 Å². The molecule has 0 spiro atoms. The highest BCUT2D eigenvalue weighted by Crippen LogP contribution is 2.39. The Morgan fingerprint density at radius 1 is 1.29 bits per heavy atom. The van der Waals surface area contributed by atoms with Gasteiger partial charge < -0.3 is 10.4 Å². The third-order valence-electron chi connectivity index (χ3n) is 4.38. The first kappa shape index (κ1) is 16.9. The van der Waals surface area contributed by atoms with Crippen LogP contribution in [0.4, 0.5) is 0 Å². The summed E-state index contributed by atoms with van der Waals surface area (Å²) in [6.45, 7) is 5.73. The molecule has 2 nitrogen and oxygen atoms in total. The van der Waals surface area contributed by atoms with Gasteiger partial charge >= 0.3 is 0 Å². The Balaban J connectivity index is 2.01. The van der Waals surface area contributed by atoms with Crippen molar-refractivity contribution in [1.82, 2.24) is 5.32 Å². The van der Waals surface area contributed by atoms with E-state index in [9.17, 15) is 5.11 Å². The molecule has 1 aliphatic rings. The maximum atomic E-state index is 9.37. The van der Waals surface area contributed by atoms with E-state index in [-0.39, 0.29) is 6.61 Å². The van der Waals surface area contributed by atoms with Gasteiger partial charge in [-0.3, -0.25) is 0 Å². The van der Waals surface area contributed by atoms with E-state index >= 15 is 0 Å². The van der Waals surface area contributed by atoms with Crippen LogP contribution in [0.15, 0.2) is 30.3 Å². The Hall–Kier alpha value is -0.510. The number of thioether (sulfide) groups is 1. The van der Waals surface area contributed by atoms with Crippen molar-refractivity contribution >= 4 is 11.8 Å². The fourth-order valence-electron chi connectivity index (χ4n) is 3.21. The van der Waals surface area contributed by atoms with Gasteiger partial charge in [-0.2, -0.15) is 11.8 Å². The van der Waals surface area contributed by atoms with Crippen molar-refractivity contribution in [3.8, 4) is 0 Å². The second-order valence-electron chi connectivity index (χ2n) is 6.15. The quantitative estimate of drug-likeness (QED) is 0.803. The molecule has 1 fully saturated rings. The largest absolute Gasteiger partial charge is 0.395 e. The van der Waals surface area contributed by atoms with Gasteiger partial charge in [0.05, 0.1) is 6.61 Å². The van der Waals surface area contributed by atoms with Crippen LogP contribution >= 0.6 is 11.8 Å². The Morgan fingerprint density at radius 2 is 2.05 bits per heavy atom. The lowest BCUT2D eigenvalue weighted by Crippen LogP contribution is -2.43. The van der Waals surface area contributed by atoms with Crippen molar-refractivity contribution in [2.75, 3.05) is 13.2 Å². The van der Waals surface area contributed by atoms with Crippen LogP contribution < -0.4 is 5.32 Å². The van der Waals surface area contributed by atoms with Crippen molar-refractivity contribution in [3.05, 3.63) is 35.9 Å². The molecule has 0 aliphatic heterocycles. The summed E-state index contributed by atoms with van der Waals surface area (Å²) in [5, 5.41) is 14.0. The lowest BCUT2D eigenvalue weighted by molar-refractivity contribution is 0.298. The average Bonchev–Trinajstić information content (AvgIpc) is 2.54. The Bertz CT molecular complexity index is 397. The topological polar surface area (TPSA) is 32.3 Å². The molecule has 0 saturated heterocycles. The molecule has 21 heavy (non-hydrogen) atoms. The lowest BCUT2D eigenvalue weighted by Gasteiger charge is -2.37. The van der Waals surface area contributed by atoms with E-state index in [4.69, 9.17) is 0 Å². The standard InChI is InChI=1S/C18H29NOS/c1-3-11-19-17-10-9-16(15-7-5-4-6-8-15)12-18(17)21-14(2)13-20/h4-8,14,16-20H,3,9-13H2,1-2H3. The van der Waals surface area contributed by atoms with Crippen molar-refractivity contribution < 1.29 is 5.11 Å². The maximum Gasteiger partial charge on any atom is 0.0547 e. The van der Waals surface area contributed by atoms with Crippen molar-refractivity contribution in [1.29, 1.82) is 0 Å². The molecule has 1 aromatic rings. The van der Waals surface area contributed by atoms with Gasteiger partial charge in [-0.1, -0.05) is 44.2 Å². The summed E-state index contributed by atoms with van der Waals surface area (Å²) < 4.78 is 0. The molecule has 0 heterocycles. The van der Waals surface area contributed by atoms with Gasteiger partial charge in [0.25, 0.3) is 0 Å². The van der Waals surface area contributed by atoms with Crippen LogP contribution in [0.2, 0.25) is 0 Å². The fourth-order valence-corrected chi connectivity index (χ4v) is 4.66. The molecular formula is C18H29NOS. The van der Waals surface area contributed by atoms with Crippen molar-refractivity contribution in [2.24, 2.45) is 0 Å². The van der Waals surface area contributed by atoms with Crippen LogP contribution in [0, 0.1) is 0 Å². The molecule has 0 aromatic heterocycles. The minimum absolute atomic E-state index is 0.275. The van der Waals surface area contributed by atoms with E-state index < -0.39 is 0 Å². The zero-order valence-corrected chi connectivity index (χ0v) is 14.1. The van der Waals surface area contributed by atoms with E-state index in [1.807, 2.05) is 11.8 Å². The fraction of sp³-hybridized carbons (Fsp3) is 0.667. The minimum atomic E-state index is 0.275. The Morgan fingerprint density at radius 3 is 2.71 bits per heavy atom. The second kappa shape index (κ2) is 8.82. The molecule has 2 rings (SSSR count). The lowest BCUT2D eigenvalue weighted by atomic mass is 9.81. The highest BCUT2D eigenvalue weighted by Gasteiger charge is 2.32. The third-order valence-corrected chi connectivity index (χ3v) is 5.87. The summed E-state index contributed by atoms with van der Waals surface area (Å²) in [7, 11) is 0. The molecule has 4 unspecified atom stereocenters. The van der Waals surface area contributed by atoms with Crippen LogP contribution in [0.5, 0.6) is 0 Å². The summed E-state index contributed by atoms with van der Waals surface area (Å²) in [6.07, 6.45) is 4.93. The first-order valence-corrected chi connectivity index (χ1v) is 9.23. The smallest absolute Gasteiger partial charge is 0.0547 e. The summed E-state index contributed by atoms with van der Waals surface area (Å²) in [5.74, 6) is 0.675. The Labute approximate surface area is 133 Å². The van der Waals surface area contributed by atoms with Crippen LogP contribution in [-0.2, 0) is 0 Å². The van der Waals surface area contributed by atoms with Gasteiger partial charge in [-0.05, 0) is 43.7 Å². The Kier molecular flexibility index (Phi) is 7.08. The molecule has 2 N–H and O–H groups in total. The van der Waals surface area contributed by atoms with E-state index in [2.05, 4.69) is 49.5 Å². The van der Waals surface area contributed by atoms with Gasteiger partial charge in [0.2, 0.25) is 0 Å². The number of nitrogens with one attached hydrogen (secondary N) is 1. The number of rotatable bonds is 7. The predicted octanol–water partition coefficient (Wildman–Crippen LogP) is 3.80. The number of benzene rings is 1.